The van der Waals surface area contributed by atoms with Gasteiger partial charge in [0.1, 0.15) is 17.8 Å². The Morgan fingerprint density at radius 2 is 1.93 bits per heavy atom. The van der Waals surface area contributed by atoms with Crippen molar-refractivity contribution in [2.45, 2.75) is 13.1 Å². The Morgan fingerprint density at radius 3 is 2.81 bits per heavy atom. The fourth-order valence-corrected chi connectivity index (χ4v) is 2.59. The quantitative estimate of drug-likeness (QED) is 0.692. The van der Waals surface area contributed by atoms with Crippen molar-refractivity contribution >= 4 is 11.7 Å². The van der Waals surface area contributed by atoms with Gasteiger partial charge in [0, 0.05) is 18.8 Å². The second-order valence-electron chi connectivity index (χ2n) is 5.83. The van der Waals surface area contributed by atoms with E-state index in [0.717, 1.165) is 22.8 Å². The van der Waals surface area contributed by atoms with Crippen molar-refractivity contribution in [1.29, 1.82) is 0 Å². The monoisotopic (exact) mass is 363 g/mol. The van der Waals surface area contributed by atoms with E-state index in [-0.39, 0.29) is 18.4 Å². The Hall–Kier alpha value is -3.68. The van der Waals surface area contributed by atoms with Crippen LogP contribution in [0.3, 0.4) is 0 Å². The van der Waals surface area contributed by atoms with E-state index in [1.54, 1.807) is 12.3 Å². The molecule has 27 heavy (non-hydrogen) atoms. The second kappa shape index (κ2) is 7.69. The van der Waals surface area contributed by atoms with Crippen LogP contribution in [-0.4, -0.2) is 27.7 Å². The average molecular weight is 363 g/mol. The molecule has 1 aliphatic rings. The van der Waals surface area contributed by atoms with E-state index in [1.807, 2.05) is 36.4 Å². The molecule has 0 unspecified atom stereocenters. The molecular formula is C19H17N5O3. The summed E-state index contributed by atoms with van der Waals surface area (Å²) in [7, 11) is 0. The number of amides is 1. The number of aromatic nitrogens is 3. The third-order valence-electron chi connectivity index (χ3n) is 3.97. The van der Waals surface area contributed by atoms with Gasteiger partial charge in [0.25, 0.3) is 5.91 Å². The van der Waals surface area contributed by atoms with Crippen molar-refractivity contribution in [3.05, 3.63) is 71.9 Å². The van der Waals surface area contributed by atoms with Crippen LogP contribution in [0, 0.1) is 0 Å². The second-order valence-corrected chi connectivity index (χ2v) is 5.83. The lowest BCUT2D eigenvalue weighted by Crippen LogP contribution is -2.24. The number of nitrogens with zero attached hydrogens (tertiary/aromatic N) is 3. The topological polar surface area (TPSA) is 98.3 Å². The number of hydrogen-bond acceptors (Lipinski definition) is 7. The highest BCUT2D eigenvalue weighted by Crippen LogP contribution is 2.32. The van der Waals surface area contributed by atoms with E-state index < -0.39 is 0 Å². The van der Waals surface area contributed by atoms with Crippen LogP contribution in [0.25, 0.3) is 0 Å². The van der Waals surface area contributed by atoms with Crippen molar-refractivity contribution in [1.82, 2.24) is 20.3 Å². The Morgan fingerprint density at radius 1 is 1.00 bits per heavy atom. The summed E-state index contributed by atoms with van der Waals surface area (Å²) in [6.07, 6.45) is 3.04. The standard InChI is InChI=1S/C19H17N5O3/c25-19(22-10-14-3-1-2-6-20-14)15-8-18(24-11-23-15)21-9-13-4-5-16-17(7-13)27-12-26-16/h1-8,11H,9-10,12H2,(H,22,25)(H,21,23,24). The van der Waals surface area contributed by atoms with Gasteiger partial charge < -0.3 is 20.1 Å². The molecular weight excluding hydrogens is 346 g/mol. The van der Waals surface area contributed by atoms with E-state index in [1.165, 1.54) is 6.33 Å². The molecule has 0 spiro atoms. The first-order chi connectivity index (χ1) is 13.3. The minimum absolute atomic E-state index is 0.245. The number of hydrogen-bond donors (Lipinski definition) is 2. The maximum absolute atomic E-state index is 12.3. The molecule has 0 radical (unpaired) electrons. The van der Waals surface area contributed by atoms with Crippen LogP contribution >= 0.6 is 0 Å². The SMILES string of the molecule is O=C(NCc1ccccn1)c1cc(NCc2ccc3c(c2)OCO3)ncn1. The number of rotatable bonds is 6. The molecule has 3 aromatic rings. The van der Waals surface area contributed by atoms with E-state index in [2.05, 4.69) is 25.6 Å². The Bertz CT molecular complexity index is 949. The molecule has 136 valence electrons. The normalized spacial score (nSPS) is 11.9. The molecule has 2 N–H and O–H groups in total. The van der Waals surface area contributed by atoms with E-state index >= 15 is 0 Å². The van der Waals surface area contributed by atoms with Gasteiger partial charge in [0.2, 0.25) is 6.79 Å². The number of fused-ring (bicyclic) bond motifs is 1. The summed E-state index contributed by atoms with van der Waals surface area (Å²) in [5, 5.41) is 5.98. The zero-order valence-electron chi connectivity index (χ0n) is 14.4. The molecule has 0 fully saturated rings. The van der Waals surface area contributed by atoms with Crippen LogP contribution in [0.15, 0.2) is 55.0 Å². The van der Waals surface area contributed by atoms with Crippen LogP contribution in [0.5, 0.6) is 11.5 Å². The molecule has 4 rings (SSSR count). The first-order valence-electron chi connectivity index (χ1n) is 8.40. The van der Waals surface area contributed by atoms with Crippen LogP contribution in [0.4, 0.5) is 5.82 Å². The summed E-state index contributed by atoms with van der Waals surface area (Å²) < 4.78 is 10.7. The van der Waals surface area contributed by atoms with Gasteiger partial charge in [0.05, 0.1) is 12.2 Å². The molecule has 1 amide bonds. The van der Waals surface area contributed by atoms with Crippen LogP contribution in [0.1, 0.15) is 21.7 Å². The van der Waals surface area contributed by atoms with Gasteiger partial charge in [-0.1, -0.05) is 12.1 Å². The lowest BCUT2D eigenvalue weighted by Gasteiger charge is -2.08. The number of anilines is 1. The maximum Gasteiger partial charge on any atom is 0.270 e. The smallest absolute Gasteiger partial charge is 0.270 e. The minimum atomic E-state index is -0.283. The third kappa shape index (κ3) is 4.12. The van der Waals surface area contributed by atoms with Gasteiger partial charge in [-0.05, 0) is 29.8 Å². The summed E-state index contributed by atoms with van der Waals surface area (Å²) in [5.41, 5.74) is 2.08. The molecule has 1 aliphatic heterocycles. The summed E-state index contributed by atoms with van der Waals surface area (Å²) in [4.78, 5) is 24.6. The highest BCUT2D eigenvalue weighted by atomic mass is 16.7. The van der Waals surface area contributed by atoms with Gasteiger partial charge in [-0.25, -0.2) is 9.97 Å². The van der Waals surface area contributed by atoms with Gasteiger partial charge in [-0.3, -0.25) is 9.78 Å². The summed E-state index contributed by atoms with van der Waals surface area (Å²) in [6, 6.07) is 12.9. The number of carbonyl (C=O) groups is 1. The van der Waals surface area contributed by atoms with Gasteiger partial charge in [-0.2, -0.15) is 0 Å². The Labute approximate surface area is 155 Å². The molecule has 8 heteroatoms. The number of ether oxygens (including phenoxy) is 2. The number of nitrogens with one attached hydrogen (secondary N) is 2. The predicted octanol–water partition coefficient (Wildman–Crippen LogP) is 2.14. The van der Waals surface area contributed by atoms with E-state index in [0.29, 0.717) is 18.9 Å². The van der Waals surface area contributed by atoms with E-state index in [9.17, 15) is 4.79 Å². The molecule has 0 saturated carbocycles. The van der Waals surface area contributed by atoms with Gasteiger partial charge in [-0.15, -0.1) is 0 Å². The van der Waals surface area contributed by atoms with Crippen LogP contribution < -0.4 is 20.1 Å². The average Bonchev–Trinajstić information content (AvgIpc) is 3.19. The highest BCUT2D eigenvalue weighted by molar-refractivity contribution is 5.92. The summed E-state index contributed by atoms with van der Waals surface area (Å²) >= 11 is 0. The fraction of sp³-hybridized carbons (Fsp3) is 0.158. The molecule has 0 bridgehead atoms. The molecule has 0 atom stereocenters. The third-order valence-corrected chi connectivity index (χ3v) is 3.97. The molecule has 2 aromatic heterocycles. The van der Waals surface area contributed by atoms with Crippen molar-refractivity contribution < 1.29 is 14.3 Å². The van der Waals surface area contributed by atoms with Crippen LogP contribution in [-0.2, 0) is 13.1 Å². The first-order valence-corrected chi connectivity index (χ1v) is 8.40. The van der Waals surface area contributed by atoms with Gasteiger partial charge in [0.15, 0.2) is 11.5 Å². The Kier molecular flexibility index (Phi) is 4.78. The lowest BCUT2D eigenvalue weighted by molar-refractivity contribution is 0.0945. The van der Waals surface area contributed by atoms with E-state index in [4.69, 9.17) is 9.47 Å². The molecule has 0 saturated heterocycles. The van der Waals surface area contributed by atoms with Gasteiger partial charge >= 0.3 is 0 Å². The zero-order valence-corrected chi connectivity index (χ0v) is 14.4. The zero-order chi connectivity index (χ0) is 18.5. The van der Waals surface area contributed by atoms with Crippen molar-refractivity contribution in [3.63, 3.8) is 0 Å². The fourth-order valence-electron chi connectivity index (χ4n) is 2.59. The highest BCUT2D eigenvalue weighted by Gasteiger charge is 2.13. The molecule has 1 aromatic carbocycles. The van der Waals surface area contributed by atoms with Crippen LogP contribution in [0.2, 0.25) is 0 Å². The number of carbonyl (C=O) groups excluding carboxylic acids is 1. The largest absolute Gasteiger partial charge is 0.454 e. The van der Waals surface area contributed by atoms with Crippen molar-refractivity contribution in [3.8, 4) is 11.5 Å². The minimum Gasteiger partial charge on any atom is -0.454 e. The lowest BCUT2D eigenvalue weighted by atomic mass is 10.2. The molecule has 8 nitrogen and oxygen atoms in total. The predicted molar refractivity (Wildman–Crippen MR) is 97.3 cm³/mol. The first kappa shape index (κ1) is 16.8. The number of benzene rings is 1. The maximum atomic E-state index is 12.3. The molecule has 3 heterocycles. The number of pyridine rings is 1. The van der Waals surface area contributed by atoms with Crippen molar-refractivity contribution in [2.24, 2.45) is 0 Å². The summed E-state index contributed by atoms with van der Waals surface area (Å²) in [6.45, 7) is 1.11. The Balaban J connectivity index is 1.36. The van der Waals surface area contributed by atoms with Crippen molar-refractivity contribution in [2.75, 3.05) is 12.1 Å². The summed E-state index contributed by atoms with van der Waals surface area (Å²) in [5.74, 6) is 1.75. The molecule has 0 aliphatic carbocycles.